The maximum Gasteiger partial charge on any atom is 0.407 e. The zero-order valence-corrected chi connectivity index (χ0v) is 37.9. The van der Waals surface area contributed by atoms with Crippen LogP contribution in [0.15, 0.2) is 54.6 Å². The number of Topliss-reactive ketones (excluding diaryl/α,β-unsaturated/α-hetero) is 1. The van der Waals surface area contributed by atoms with Gasteiger partial charge in [-0.3, -0.25) is 14.4 Å². The summed E-state index contributed by atoms with van der Waals surface area (Å²) in [5, 5.41) is 11.3. The number of alkyl carbamates (subject to hydrolysis) is 1. The Labute approximate surface area is 362 Å². The van der Waals surface area contributed by atoms with Crippen molar-refractivity contribution >= 4 is 35.8 Å². The van der Waals surface area contributed by atoms with E-state index < -0.39 is 58.5 Å². The minimum Gasteiger partial charge on any atom is -0.460 e. The zero-order valence-electron chi connectivity index (χ0n) is 37.9. The molecule has 0 aromatic heterocycles. The van der Waals surface area contributed by atoms with E-state index in [4.69, 9.17) is 14.2 Å². The Hall–Kier alpha value is -5.01. The summed E-state index contributed by atoms with van der Waals surface area (Å²) in [6, 6.07) is 13.3. The lowest BCUT2D eigenvalue weighted by Gasteiger charge is -2.32. The largest absolute Gasteiger partial charge is 0.460 e. The second-order valence-electron chi connectivity index (χ2n) is 18.6. The number of esters is 2. The molecule has 2 aromatic rings. The molecule has 0 aliphatic rings. The van der Waals surface area contributed by atoms with Crippen molar-refractivity contribution in [1.29, 1.82) is 0 Å². The summed E-state index contributed by atoms with van der Waals surface area (Å²) in [4.78, 5) is 77.5. The highest BCUT2D eigenvalue weighted by Crippen LogP contribution is 2.24. The molecule has 0 spiro atoms. The molecule has 14 heteroatoms. The van der Waals surface area contributed by atoms with Gasteiger partial charge in [-0.15, -0.1) is 0 Å². The quantitative estimate of drug-likeness (QED) is 0.0460. The molecular weight excluding hydrogens is 784 g/mol. The van der Waals surface area contributed by atoms with Crippen LogP contribution in [0.2, 0.25) is 0 Å². The first kappa shape index (κ1) is 52.1. The third-order valence-corrected chi connectivity index (χ3v) is 9.48. The molecule has 0 unspecified atom stereocenters. The maximum absolute atomic E-state index is 13.6. The Morgan fingerprint density at radius 3 is 1.90 bits per heavy atom. The molecule has 0 heterocycles. The normalized spacial score (nSPS) is 13.2. The van der Waals surface area contributed by atoms with Gasteiger partial charge in [-0.05, 0) is 115 Å². The Morgan fingerprint density at radius 1 is 0.656 bits per heavy atom. The third kappa shape index (κ3) is 24.1. The van der Waals surface area contributed by atoms with Crippen LogP contribution in [-0.4, -0.2) is 72.1 Å². The molecule has 4 amide bonds. The molecule has 3 atom stereocenters. The SMILES string of the molecule is CC(C)(C)OC(=O)CC[C@H](NC(=O)N[C@@H](CCCCNC(=O)[C@@H](CC(=O)CCCCCNC(=O)OCc1ccccc1)Cc1ccc(F)cc1)C(=O)OC(C)(C)C)C(C)(C)C. The van der Waals surface area contributed by atoms with E-state index in [1.165, 1.54) is 12.1 Å². The number of nitrogens with one attached hydrogen (secondary N) is 4. The molecule has 13 nitrogen and oxygen atoms in total. The smallest absolute Gasteiger partial charge is 0.407 e. The van der Waals surface area contributed by atoms with Crippen LogP contribution >= 0.6 is 0 Å². The van der Waals surface area contributed by atoms with Gasteiger partial charge in [0, 0.05) is 44.3 Å². The van der Waals surface area contributed by atoms with Crippen molar-refractivity contribution in [3.63, 3.8) is 0 Å². The number of ketones is 1. The van der Waals surface area contributed by atoms with Gasteiger partial charge in [0.2, 0.25) is 5.91 Å². The molecule has 2 rings (SSSR count). The van der Waals surface area contributed by atoms with Crippen molar-refractivity contribution in [2.24, 2.45) is 11.3 Å². The molecule has 0 saturated carbocycles. The first-order valence-electron chi connectivity index (χ1n) is 21.5. The molecule has 0 fully saturated rings. The van der Waals surface area contributed by atoms with Crippen LogP contribution in [-0.2, 0) is 46.4 Å². The number of rotatable bonds is 24. The summed E-state index contributed by atoms with van der Waals surface area (Å²) in [5.41, 5.74) is -0.212. The van der Waals surface area contributed by atoms with Gasteiger partial charge in [-0.25, -0.2) is 18.8 Å². The average Bonchev–Trinajstić information content (AvgIpc) is 3.15. The number of carbonyl (C=O) groups excluding carboxylic acids is 6. The van der Waals surface area contributed by atoms with Gasteiger partial charge in [0.05, 0.1) is 0 Å². The van der Waals surface area contributed by atoms with Crippen molar-refractivity contribution < 1.29 is 47.4 Å². The summed E-state index contributed by atoms with van der Waals surface area (Å²) in [6.07, 6.45) is 3.60. The van der Waals surface area contributed by atoms with Gasteiger partial charge in [0.25, 0.3) is 0 Å². The summed E-state index contributed by atoms with van der Waals surface area (Å²) < 4.78 is 29.9. The zero-order chi connectivity index (χ0) is 45.6. The molecular formula is C47H71FN4O9. The molecule has 0 radical (unpaired) electrons. The number of hydrogen-bond acceptors (Lipinski definition) is 9. The lowest BCUT2D eigenvalue weighted by Crippen LogP contribution is -2.53. The lowest BCUT2D eigenvalue weighted by atomic mass is 9.84. The standard InChI is InChI=1S/C47H71FN4O9/c1-45(2,3)39(26-27-40(54)60-46(4,5)6)52-43(57)51-38(42(56)61-47(7,8)9)21-15-17-28-49-41(55)35(30-33-22-24-36(48)25-23-33)31-37(53)20-14-11-16-29-50-44(58)59-32-34-18-12-10-13-19-34/h10,12-13,18-19,22-25,35,38-39H,11,14-17,20-21,26-32H2,1-9H3,(H,49,55)(H,50,58)(H2,51,52,57)/t35-,38+,39+/m1/s1. The number of carbonyl (C=O) groups is 6. The van der Waals surface area contributed by atoms with Crippen molar-refractivity contribution in [1.82, 2.24) is 21.3 Å². The summed E-state index contributed by atoms with van der Waals surface area (Å²) in [5.74, 6) is -2.41. The molecule has 61 heavy (non-hydrogen) atoms. The molecule has 4 N–H and O–H groups in total. The van der Waals surface area contributed by atoms with Crippen molar-refractivity contribution in [3.8, 4) is 0 Å². The highest BCUT2D eigenvalue weighted by atomic mass is 19.1. The number of hydrogen-bond donors (Lipinski definition) is 4. The Bertz CT molecular complexity index is 1680. The molecule has 0 aliphatic carbocycles. The van der Waals surface area contributed by atoms with E-state index in [0.29, 0.717) is 45.1 Å². The van der Waals surface area contributed by atoms with E-state index in [0.717, 1.165) is 11.1 Å². The number of urea groups is 1. The first-order valence-corrected chi connectivity index (χ1v) is 21.5. The van der Waals surface area contributed by atoms with Crippen molar-refractivity contribution in [3.05, 3.63) is 71.5 Å². The topological polar surface area (TPSA) is 178 Å². The van der Waals surface area contributed by atoms with E-state index in [1.807, 2.05) is 51.1 Å². The summed E-state index contributed by atoms with van der Waals surface area (Å²) >= 11 is 0. The van der Waals surface area contributed by atoms with Crippen LogP contribution in [0, 0.1) is 17.2 Å². The number of ether oxygens (including phenoxy) is 3. The fourth-order valence-corrected chi connectivity index (χ4v) is 6.31. The van der Waals surface area contributed by atoms with Crippen molar-refractivity contribution in [2.75, 3.05) is 13.1 Å². The minimum absolute atomic E-state index is 0.0142. The number of unbranched alkanes of at least 4 members (excludes halogenated alkanes) is 3. The number of benzene rings is 2. The Morgan fingerprint density at radius 2 is 1.28 bits per heavy atom. The molecule has 0 bridgehead atoms. The predicted octanol–water partition coefficient (Wildman–Crippen LogP) is 8.26. The van der Waals surface area contributed by atoms with Gasteiger partial charge in [0.1, 0.15) is 35.5 Å². The molecule has 0 saturated heterocycles. The highest BCUT2D eigenvalue weighted by molar-refractivity contribution is 5.87. The second-order valence-corrected chi connectivity index (χ2v) is 18.6. The van der Waals surface area contributed by atoms with E-state index in [-0.39, 0.29) is 62.9 Å². The first-order chi connectivity index (χ1) is 28.5. The van der Waals surface area contributed by atoms with Crippen LogP contribution in [0.25, 0.3) is 0 Å². The predicted molar refractivity (Wildman–Crippen MR) is 233 cm³/mol. The third-order valence-electron chi connectivity index (χ3n) is 9.48. The summed E-state index contributed by atoms with van der Waals surface area (Å²) in [6.45, 7) is 17.3. The number of amides is 4. The number of halogens is 1. The molecule has 0 aliphatic heterocycles. The Kier molecular flexibility index (Phi) is 22.0. The van der Waals surface area contributed by atoms with Crippen LogP contribution in [0.4, 0.5) is 14.0 Å². The second kappa shape index (κ2) is 25.7. The summed E-state index contributed by atoms with van der Waals surface area (Å²) in [7, 11) is 0. The van der Waals surface area contributed by atoms with Crippen LogP contribution in [0.5, 0.6) is 0 Å². The van der Waals surface area contributed by atoms with Crippen LogP contribution < -0.4 is 21.3 Å². The van der Waals surface area contributed by atoms with E-state index in [9.17, 15) is 33.2 Å². The molecule has 340 valence electrons. The Balaban J connectivity index is 1.91. The van der Waals surface area contributed by atoms with Gasteiger partial charge < -0.3 is 35.5 Å². The fraction of sp³-hybridized carbons (Fsp3) is 0.617. The van der Waals surface area contributed by atoms with E-state index >= 15 is 0 Å². The minimum atomic E-state index is -0.977. The average molecular weight is 855 g/mol. The van der Waals surface area contributed by atoms with E-state index in [1.54, 1.807) is 53.7 Å². The van der Waals surface area contributed by atoms with Gasteiger partial charge >= 0.3 is 24.1 Å². The van der Waals surface area contributed by atoms with E-state index in [2.05, 4.69) is 21.3 Å². The van der Waals surface area contributed by atoms with Gasteiger partial charge in [-0.2, -0.15) is 0 Å². The monoisotopic (exact) mass is 855 g/mol. The highest BCUT2D eigenvalue weighted by Gasteiger charge is 2.31. The van der Waals surface area contributed by atoms with Crippen LogP contribution in [0.1, 0.15) is 138 Å². The maximum atomic E-state index is 13.6. The van der Waals surface area contributed by atoms with Gasteiger partial charge in [0.15, 0.2) is 0 Å². The van der Waals surface area contributed by atoms with Crippen LogP contribution in [0.3, 0.4) is 0 Å². The van der Waals surface area contributed by atoms with Gasteiger partial charge in [-0.1, -0.05) is 69.7 Å². The fourth-order valence-electron chi connectivity index (χ4n) is 6.31. The van der Waals surface area contributed by atoms with Crippen molar-refractivity contribution in [2.45, 2.75) is 163 Å². The molecule has 2 aromatic carbocycles. The lowest BCUT2D eigenvalue weighted by molar-refractivity contribution is -0.157.